The molecule has 0 unspecified atom stereocenters. The van der Waals surface area contributed by atoms with Crippen molar-refractivity contribution in [2.45, 2.75) is 6.92 Å². The molecule has 6 heteroatoms. The van der Waals surface area contributed by atoms with Gasteiger partial charge in [-0.2, -0.15) is 5.26 Å². The van der Waals surface area contributed by atoms with Crippen LogP contribution in [-0.2, 0) is 0 Å². The monoisotopic (exact) mass is 397 g/mol. The molecule has 1 aromatic heterocycles. The van der Waals surface area contributed by atoms with Crippen molar-refractivity contribution in [3.63, 3.8) is 0 Å². The van der Waals surface area contributed by atoms with Crippen molar-refractivity contribution < 1.29 is 4.79 Å². The summed E-state index contributed by atoms with van der Waals surface area (Å²) in [5, 5.41) is 9.77. The quantitative estimate of drug-likeness (QED) is 0.278. The molecule has 4 nitrogen and oxygen atoms in total. The Balaban J connectivity index is 2.62. The number of nitrogens with zero attached hydrogens (tertiary/aromatic N) is 2. The molecule has 0 spiro atoms. The highest BCUT2D eigenvalue weighted by molar-refractivity contribution is 14.1. The third-order valence-corrected chi connectivity index (χ3v) is 4.41. The number of anilines is 1. The first kappa shape index (κ1) is 14.9. The van der Waals surface area contributed by atoms with Gasteiger partial charge in [-0.05, 0) is 30.7 Å². The molecule has 2 rings (SSSR count). The van der Waals surface area contributed by atoms with E-state index >= 15 is 0 Å². The van der Waals surface area contributed by atoms with Crippen LogP contribution >= 0.6 is 34.8 Å². The Morgan fingerprint density at radius 1 is 1.50 bits per heavy atom. The summed E-state index contributed by atoms with van der Waals surface area (Å²) in [6.45, 7) is 5.49. The number of aryl methyl sites for hydroxylation is 1. The third kappa shape index (κ3) is 2.55. The number of benzene rings is 1. The Labute approximate surface area is 135 Å². The number of halogens is 1. The molecule has 0 radical (unpaired) electrons. The molecule has 0 aliphatic heterocycles. The zero-order chi connectivity index (χ0) is 14.9. The summed E-state index contributed by atoms with van der Waals surface area (Å²) in [6.07, 6.45) is 1.96. The number of hydrogen-bond acceptors (Lipinski definition) is 4. The number of allylic oxidation sites excluding steroid dienone is 1. The number of rotatable bonds is 4. The molecule has 0 aliphatic rings. The fourth-order valence-corrected chi connectivity index (χ4v) is 3.13. The summed E-state index contributed by atoms with van der Waals surface area (Å²) in [5.74, 6) is -0.338. The molecule has 0 saturated heterocycles. The largest absolute Gasteiger partial charge is 0.330 e. The van der Waals surface area contributed by atoms with Crippen LogP contribution in [-0.4, -0.2) is 14.8 Å². The Morgan fingerprint density at radius 3 is 2.80 bits per heavy atom. The van der Waals surface area contributed by atoms with E-state index in [1.807, 2.05) is 25.3 Å². The number of hydrogen-bond donors (Lipinski definition) is 1. The Morgan fingerprint density at radius 2 is 2.20 bits per heavy atom. The maximum Gasteiger partial charge on any atom is 0.220 e. The first-order chi connectivity index (χ1) is 9.49. The lowest BCUT2D eigenvalue weighted by molar-refractivity contribution is 0.103. The summed E-state index contributed by atoms with van der Waals surface area (Å²) < 4.78 is 4.98. The van der Waals surface area contributed by atoms with Gasteiger partial charge in [-0.15, -0.1) is 0 Å². The van der Waals surface area contributed by atoms with Gasteiger partial charge in [-0.1, -0.05) is 18.5 Å². The first-order valence-corrected chi connectivity index (χ1v) is 7.93. The van der Waals surface area contributed by atoms with Crippen LogP contribution in [0, 0.1) is 18.3 Å². The van der Waals surface area contributed by atoms with Crippen molar-refractivity contribution in [1.29, 1.82) is 5.26 Å². The van der Waals surface area contributed by atoms with E-state index < -0.39 is 0 Å². The standard InChI is InChI=1S/C14H12IN3OS/c1-8-4-10-5-13(14(19)9(2)7-16)18(15)12(10)6-11(8)17-20-3/h4-6,17H,2H2,1,3H3. The lowest BCUT2D eigenvalue weighted by atomic mass is 10.1. The van der Waals surface area contributed by atoms with Gasteiger partial charge in [-0.3, -0.25) is 7.58 Å². The van der Waals surface area contributed by atoms with Gasteiger partial charge in [0.05, 0.1) is 34.0 Å². The predicted molar refractivity (Wildman–Crippen MR) is 92.3 cm³/mol. The van der Waals surface area contributed by atoms with Crippen molar-refractivity contribution in [2.24, 2.45) is 0 Å². The van der Waals surface area contributed by atoms with Gasteiger partial charge in [0, 0.05) is 17.3 Å². The highest BCUT2D eigenvalue weighted by atomic mass is 127. The van der Waals surface area contributed by atoms with E-state index in [9.17, 15) is 4.79 Å². The van der Waals surface area contributed by atoms with Gasteiger partial charge in [-0.25, -0.2) is 0 Å². The number of carbonyl (C=O) groups is 1. The number of nitriles is 1. The molecular weight excluding hydrogens is 385 g/mol. The minimum absolute atomic E-state index is 0.0510. The predicted octanol–water partition coefficient (Wildman–Crippen LogP) is 4.10. The van der Waals surface area contributed by atoms with Gasteiger partial charge in [0.25, 0.3) is 0 Å². The summed E-state index contributed by atoms with van der Waals surface area (Å²) in [4.78, 5) is 12.1. The molecule has 0 fully saturated rings. The molecule has 102 valence electrons. The number of carbonyl (C=O) groups excluding carboxylic acids is 1. The number of aromatic nitrogens is 1. The fraction of sp³-hybridized carbons (Fsp3) is 0.143. The number of fused-ring (bicyclic) bond motifs is 1. The van der Waals surface area contributed by atoms with Crippen LogP contribution in [0.1, 0.15) is 16.1 Å². The number of ketones is 1. The molecule has 1 heterocycles. The van der Waals surface area contributed by atoms with Crippen LogP contribution in [0.5, 0.6) is 0 Å². The topological polar surface area (TPSA) is 57.8 Å². The van der Waals surface area contributed by atoms with Gasteiger partial charge in [0.15, 0.2) is 0 Å². The van der Waals surface area contributed by atoms with E-state index in [4.69, 9.17) is 5.26 Å². The maximum atomic E-state index is 12.1. The fourth-order valence-electron chi connectivity index (χ4n) is 1.92. The van der Waals surface area contributed by atoms with E-state index in [1.165, 1.54) is 11.9 Å². The van der Waals surface area contributed by atoms with Crippen molar-refractivity contribution in [1.82, 2.24) is 2.78 Å². The molecule has 0 atom stereocenters. The summed E-state index contributed by atoms with van der Waals surface area (Å²) in [5.41, 5.74) is 3.46. The van der Waals surface area contributed by atoms with Gasteiger partial charge in [0.2, 0.25) is 5.78 Å². The minimum atomic E-state index is -0.338. The first-order valence-electron chi connectivity index (χ1n) is 5.74. The van der Waals surface area contributed by atoms with Crippen molar-refractivity contribution in [3.8, 4) is 6.07 Å². The molecular formula is C14H12IN3OS. The maximum absolute atomic E-state index is 12.1. The highest BCUT2D eigenvalue weighted by Crippen LogP contribution is 2.30. The zero-order valence-electron chi connectivity index (χ0n) is 11.0. The van der Waals surface area contributed by atoms with Crippen molar-refractivity contribution >= 4 is 57.2 Å². The average molecular weight is 397 g/mol. The van der Waals surface area contributed by atoms with Crippen molar-refractivity contribution in [3.05, 3.63) is 41.6 Å². The molecule has 2 aromatic rings. The van der Waals surface area contributed by atoms with Crippen LogP contribution in [0.25, 0.3) is 10.9 Å². The van der Waals surface area contributed by atoms with Gasteiger partial charge >= 0.3 is 0 Å². The van der Waals surface area contributed by atoms with Crippen LogP contribution in [0.4, 0.5) is 5.69 Å². The second-order valence-electron chi connectivity index (χ2n) is 4.26. The van der Waals surface area contributed by atoms with E-state index in [1.54, 1.807) is 14.9 Å². The van der Waals surface area contributed by atoms with E-state index in [0.29, 0.717) is 5.69 Å². The molecule has 0 aliphatic carbocycles. The molecule has 0 bridgehead atoms. The Kier molecular flexibility index (Phi) is 4.40. The van der Waals surface area contributed by atoms with E-state index in [2.05, 4.69) is 34.2 Å². The van der Waals surface area contributed by atoms with E-state index in [-0.39, 0.29) is 11.4 Å². The van der Waals surface area contributed by atoms with Crippen molar-refractivity contribution in [2.75, 3.05) is 11.0 Å². The molecule has 0 amide bonds. The smallest absolute Gasteiger partial charge is 0.220 e. The third-order valence-electron chi connectivity index (χ3n) is 2.94. The second kappa shape index (κ2) is 5.89. The lowest BCUT2D eigenvalue weighted by Gasteiger charge is -2.07. The zero-order valence-corrected chi connectivity index (χ0v) is 14.0. The Bertz CT molecular complexity index is 758. The average Bonchev–Trinajstić information content (AvgIpc) is 2.74. The van der Waals surface area contributed by atoms with E-state index in [0.717, 1.165) is 22.2 Å². The molecule has 1 N–H and O–H groups in total. The van der Waals surface area contributed by atoms with Crippen LogP contribution < -0.4 is 4.72 Å². The van der Waals surface area contributed by atoms with Gasteiger partial charge in [0.1, 0.15) is 11.8 Å². The second-order valence-corrected chi connectivity index (χ2v) is 5.84. The number of nitrogens with one attached hydrogen (secondary N) is 1. The summed E-state index contributed by atoms with van der Waals surface area (Å²) in [6, 6.07) is 7.62. The molecule has 0 saturated carbocycles. The minimum Gasteiger partial charge on any atom is -0.330 e. The van der Waals surface area contributed by atoms with Crippen LogP contribution in [0.3, 0.4) is 0 Å². The Hall–Kier alpha value is -1.46. The molecule has 1 aromatic carbocycles. The van der Waals surface area contributed by atoms with Crippen LogP contribution in [0.2, 0.25) is 0 Å². The highest BCUT2D eigenvalue weighted by Gasteiger charge is 2.17. The summed E-state index contributed by atoms with van der Waals surface area (Å²) in [7, 11) is 0. The normalized spacial score (nSPS) is 10.3. The van der Waals surface area contributed by atoms with Gasteiger partial charge < -0.3 is 4.72 Å². The lowest BCUT2D eigenvalue weighted by Crippen LogP contribution is -2.03. The van der Waals surface area contributed by atoms with Crippen LogP contribution in [0.15, 0.2) is 30.4 Å². The SMILES string of the molecule is C=C(C#N)C(=O)c1cc2cc(C)c(NSC)cc2n1I. The number of Topliss-reactive ketones (excluding diaryl/α,β-unsaturated/α-hetero) is 1. The molecule has 20 heavy (non-hydrogen) atoms. The summed E-state index contributed by atoms with van der Waals surface area (Å²) >= 11 is 3.59.